The molecule has 0 aromatic rings. The van der Waals surface area contributed by atoms with E-state index in [4.69, 9.17) is 33.2 Å². The van der Waals surface area contributed by atoms with E-state index in [0.717, 1.165) is 35.5 Å². The summed E-state index contributed by atoms with van der Waals surface area (Å²) in [6.45, 7) is 2.24. The van der Waals surface area contributed by atoms with Gasteiger partial charge >= 0.3 is 0 Å². The van der Waals surface area contributed by atoms with Crippen LogP contribution in [0.4, 0.5) is 0 Å². The highest BCUT2D eigenvalue weighted by molar-refractivity contribution is 6.65. The molecule has 4 atom stereocenters. The lowest BCUT2D eigenvalue weighted by molar-refractivity contribution is 0.158. The standard InChI is InChI=1S/C22H34Cl2N4/c23-21-25-17-5-1-3-7-19(17)27(21)13-15-9-11-16(12-10-15)14-28-20-8-4-2-6-18(20)26-22(28)24/h15-20H,1-14H2. The molecule has 3 fully saturated rings. The Bertz CT molecular complexity index is 574. The third kappa shape index (κ3) is 3.80. The molecule has 5 aliphatic rings. The van der Waals surface area contributed by atoms with Gasteiger partial charge in [0.15, 0.2) is 10.6 Å². The van der Waals surface area contributed by atoms with Crippen LogP contribution in [0, 0.1) is 11.8 Å². The first-order valence-corrected chi connectivity index (χ1v) is 12.4. The number of hydrogen-bond donors (Lipinski definition) is 0. The summed E-state index contributed by atoms with van der Waals surface area (Å²) in [5.74, 6) is 1.54. The van der Waals surface area contributed by atoms with Gasteiger partial charge in [-0.1, -0.05) is 25.7 Å². The average molecular weight is 425 g/mol. The number of rotatable bonds is 4. The van der Waals surface area contributed by atoms with Gasteiger partial charge < -0.3 is 9.80 Å². The van der Waals surface area contributed by atoms with Gasteiger partial charge in [0.1, 0.15) is 0 Å². The van der Waals surface area contributed by atoms with E-state index in [1.807, 2.05) is 0 Å². The third-order valence-electron chi connectivity index (χ3n) is 8.08. The maximum Gasteiger partial charge on any atom is 0.194 e. The van der Waals surface area contributed by atoms with Crippen molar-refractivity contribution in [3.05, 3.63) is 0 Å². The first kappa shape index (κ1) is 19.5. The summed E-state index contributed by atoms with van der Waals surface area (Å²) in [5.41, 5.74) is 0. The second kappa shape index (κ2) is 8.34. The molecule has 4 nitrogen and oxygen atoms in total. The molecule has 4 unspecified atom stereocenters. The molecule has 0 aromatic heterocycles. The maximum absolute atomic E-state index is 6.54. The van der Waals surface area contributed by atoms with E-state index in [9.17, 15) is 0 Å². The van der Waals surface area contributed by atoms with Crippen LogP contribution in [-0.2, 0) is 0 Å². The van der Waals surface area contributed by atoms with Crippen molar-refractivity contribution in [2.45, 2.75) is 101 Å². The van der Waals surface area contributed by atoms with Gasteiger partial charge in [-0.15, -0.1) is 0 Å². The van der Waals surface area contributed by atoms with Crippen LogP contribution in [0.1, 0.15) is 77.0 Å². The summed E-state index contributed by atoms with van der Waals surface area (Å²) in [6, 6.07) is 2.11. The molecule has 0 amide bonds. The number of hydrogen-bond acceptors (Lipinski definition) is 4. The molecule has 0 bridgehead atoms. The van der Waals surface area contributed by atoms with Crippen molar-refractivity contribution in [2.75, 3.05) is 13.1 Å². The van der Waals surface area contributed by atoms with E-state index in [1.165, 1.54) is 77.0 Å². The third-order valence-corrected chi connectivity index (χ3v) is 8.71. The van der Waals surface area contributed by atoms with Gasteiger partial charge in [0.2, 0.25) is 0 Å². The maximum atomic E-state index is 6.54. The van der Waals surface area contributed by atoms with E-state index in [1.54, 1.807) is 0 Å². The second-order valence-corrected chi connectivity index (χ2v) is 10.5. The summed E-state index contributed by atoms with van der Waals surface area (Å²) in [4.78, 5) is 14.4. The average Bonchev–Trinajstić information content (AvgIpc) is 3.20. The highest BCUT2D eigenvalue weighted by Gasteiger charge is 2.40. The van der Waals surface area contributed by atoms with Gasteiger partial charge in [0, 0.05) is 13.1 Å². The van der Waals surface area contributed by atoms with Crippen molar-refractivity contribution in [1.29, 1.82) is 0 Å². The van der Waals surface area contributed by atoms with Crippen molar-refractivity contribution in [3.8, 4) is 0 Å². The molecule has 5 rings (SSSR count). The molecule has 0 aromatic carbocycles. The molecule has 3 saturated carbocycles. The van der Waals surface area contributed by atoms with Crippen molar-refractivity contribution in [2.24, 2.45) is 21.8 Å². The minimum atomic E-state index is 0.470. The number of nitrogens with zero attached hydrogens (tertiary/aromatic N) is 4. The summed E-state index contributed by atoms with van der Waals surface area (Å²) in [6.07, 6.45) is 15.6. The highest BCUT2D eigenvalue weighted by Crippen LogP contribution is 2.38. The van der Waals surface area contributed by atoms with Crippen LogP contribution < -0.4 is 0 Å². The Labute approximate surface area is 179 Å². The predicted molar refractivity (Wildman–Crippen MR) is 118 cm³/mol. The fraction of sp³-hybridized carbons (Fsp3) is 0.909. The van der Waals surface area contributed by atoms with E-state index in [0.29, 0.717) is 24.2 Å². The van der Waals surface area contributed by atoms with Crippen LogP contribution >= 0.6 is 23.2 Å². The van der Waals surface area contributed by atoms with E-state index < -0.39 is 0 Å². The van der Waals surface area contributed by atoms with E-state index in [-0.39, 0.29) is 0 Å². The lowest BCUT2D eigenvalue weighted by Gasteiger charge is -2.39. The fourth-order valence-corrected chi connectivity index (χ4v) is 7.12. The number of amidine groups is 2. The molecule has 0 saturated heterocycles. The van der Waals surface area contributed by atoms with Crippen LogP contribution in [-0.4, -0.2) is 57.6 Å². The Kier molecular flexibility index (Phi) is 5.80. The van der Waals surface area contributed by atoms with E-state index in [2.05, 4.69) is 9.80 Å². The van der Waals surface area contributed by atoms with Crippen LogP contribution in [0.5, 0.6) is 0 Å². The number of halogens is 2. The Hall–Kier alpha value is -0.480. The molecule has 0 spiro atoms. The Morgan fingerprint density at radius 3 is 1.43 bits per heavy atom. The van der Waals surface area contributed by atoms with Crippen LogP contribution in [0.15, 0.2) is 9.98 Å². The van der Waals surface area contributed by atoms with Crippen molar-refractivity contribution in [1.82, 2.24) is 9.80 Å². The number of aliphatic imine (C=N–C) groups is 2. The molecular formula is C22H34Cl2N4. The van der Waals surface area contributed by atoms with Gasteiger partial charge in [-0.25, -0.2) is 0 Å². The van der Waals surface area contributed by atoms with Gasteiger partial charge in [-0.05, 0) is 86.4 Å². The summed E-state index contributed by atoms with van der Waals surface area (Å²) in [5, 5.41) is 1.59. The zero-order valence-corrected chi connectivity index (χ0v) is 18.4. The molecule has 28 heavy (non-hydrogen) atoms. The lowest BCUT2D eigenvalue weighted by atomic mass is 9.80. The van der Waals surface area contributed by atoms with Crippen molar-refractivity contribution >= 4 is 33.8 Å². The largest absolute Gasteiger partial charge is 0.342 e. The Morgan fingerprint density at radius 1 is 0.607 bits per heavy atom. The van der Waals surface area contributed by atoms with Gasteiger partial charge in [0.25, 0.3) is 0 Å². The van der Waals surface area contributed by atoms with E-state index >= 15 is 0 Å². The predicted octanol–water partition coefficient (Wildman–Crippen LogP) is 5.24. The van der Waals surface area contributed by atoms with Gasteiger partial charge in [0.05, 0.1) is 24.2 Å². The fourth-order valence-electron chi connectivity index (χ4n) is 6.48. The molecule has 0 N–H and O–H groups in total. The first-order chi connectivity index (χ1) is 13.7. The SMILES string of the molecule is ClC1=NC2CCCCC2N1CC1CCC(CN2C(Cl)=NC3CCCCC32)CC1. The molecular weight excluding hydrogens is 391 g/mol. The number of fused-ring (bicyclic) bond motifs is 2. The zero-order valence-electron chi connectivity index (χ0n) is 16.9. The molecule has 0 radical (unpaired) electrons. The molecule has 3 aliphatic carbocycles. The molecule has 6 heteroatoms. The Morgan fingerprint density at radius 2 is 1.00 bits per heavy atom. The van der Waals surface area contributed by atoms with Crippen molar-refractivity contribution in [3.63, 3.8) is 0 Å². The first-order valence-electron chi connectivity index (χ1n) is 11.7. The summed E-state index contributed by atoms with van der Waals surface area (Å²) >= 11 is 13.1. The van der Waals surface area contributed by atoms with Crippen LogP contribution in [0.25, 0.3) is 0 Å². The van der Waals surface area contributed by atoms with Crippen molar-refractivity contribution < 1.29 is 0 Å². The smallest absolute Gasteiger partial charge is 0.194 e. The highest BCUT2D eigenvalue weighted by atomic mass is 35.5. The second-order valence-electron chi connectivity index (χ2n) is 9.83. The van der Waals surface area contributed by atoms with Gasteiger partial charge in [-0.2, -0.15) is 0 Å². The Balaban J connectivity index is 1.12. The van der Waals surface area contributed by atoms with Crippen LogP contribution in [0.3, 0.4) is 0 Å². The lowest BCUT2D eigenvalue weighted by Crippen LogP contribution is -2.44. The minimum Gasteiger partial charge on any atom is -0.342 e. The van der Waals surface area contributed by atoms with Gasteiger partial charge in [-0.3, -0.25) is 9.98 Å². The molecule has 2 heterocycles. The molecule has 2 aliphatic heterocycles. The minimum absolute atomic E-state index is 0.470. The monoisotopic (exact) mass is 424 g/mol. The quantitative estimate of drug-likeness (QED) is 0.577. The zero-order chi connectivity index (χ0) is 19.1. The summed E-state index contributed by atoms with van der Waals surface area (Å²) in [7, 11) is 0. The van der Waals surface area contributed by atoms with Crippen LogP contribution in [0.2, 0.25) is 0 Å². The topological polar surface area (TPSA) is 31.2 Å². The normalized spacial score (nSPS) is 40.8. The summed E-state index contributed by atoms with van der Waals surface area (Å²) < 4.78 is 0. The molecule has 156 valence electrons.